The second-order valence-electron chi connectivity index (χ2n) is 3.99. The van der Waals surface area contributed by atoms with Crippen molar-refractivity contribution in [1.82, 2.24) is 0 Å². The standard InChI is InChI=1S/C15H22O/c1-3-5-6-7-8-12-16-15-11-9-10-14(4-2)13-15/h3,9-11,13H,1,4-8,12H2,2H3. The molecule has 0 heterocycles. The van der Waals surface area contributed by atoms with Crippen LogP contribution in [-0.2, 0) is 6.42 Å². The van der Waals surface area contributed by atoms with E-state index in [0.717, 1.165) is 31.6 Å². The largest absolute Gasteiger partial charge is 0.494 e. The summed E-state index contributed by atoms with van der Waals surface area (Å²) in [5, 5.41) is 0. The Balaban J connectivity index is 2.18. The Morgan fingerprint density at radius 1 is 1.25 bits per heavy atom. The highest BCUT2D eigenvalue weighted by Gasteiger charge is 1.95. The van der Waals surface area contributed by atoms with Crippen LogP contribution in [0.25, 0.3) is 0 Å². The third kappa shape index (κ3) is 5.01. The maximum Gasteiger partial charge on any atom is 0.119 e. The molecule has 88 valence electrons. The summed E-state index contributed by atoms with van der Waals surface area (Å²) in [7, 11) is 0. The van der Waals surface area contributed by atoms with E-state index in [1.807, 2.05) is 12.1 Å². The fraction of sp³-hybridized carbons (Fsp3) is 0.467. The number of hydrogen-bond donors (Lipinski definition) is 0. The van der Waals surface area contributed by atoms with Gasteiger partial charge in [0.25, 0.3) is 0 Å². The van der Waals surface area contributed by atoms with Gasteiger partial charge in [-0.3, -0.25) is 0 Å². The van der Waals surface area contributed by atoms with E-state index >= 15 is 0 Å². The summed E-state index contributed by atoms with van der Waals surface area (Å²) in [5.74, 6) is 1.00. The molecule has 0 aliphatic rings. The molecule has 0 atom stereocenters. The number of rotatable bonds is 8. The summed E-state index contributed by atoms with van der Waals surface area (Å²) in [5.41, 5.74) is 1.34. The zero-order valence-electron chi connectivity index (χ0n) is 10.2. The summed E-state index contributed by atoms with van der Waals surface area (Å²) in [6.45, 7) is 6.70. The highest BCUT2D eigenvalue weighted by atomic mass is 16.5. The van der Waals surface area contributed by atoms with Gasteiger partial charge in [0.2, 0.25) is 0 Å². The second-order valence-corrected chi connectivity index (χ2v) is 3.99. The van der Waals surface area contributed by atoms with Gasteiger partial charge in [-0.2, -0.15) is 0 Å². The molecule has 1 nitrogen and oxygen atoms in total. The molecule has 0 saturated carbocycles. The van der Waals surface area contributed by atoms with Crippen LogP contribution in [0.2, 0.25) is 0 Å². The molecule has 0 amide bonds. The third-order valence-corrected chi connectivity index (χ3v) is 2.63. The lowest BCUT2D eigenvalue weighted by atomic mass is 10.1. The maximum atomic E-state index is 5.70. The minimum Gasteiger partial charge on any atom is -0.494 e. The molecule has 1 aromatic rings. The van der Waals surface area contributed by atoms with E-state index in [9.17, 15) is 0 Å². The minimum absolute atomic E-state index is 0.824. The minimum atomic E-state index is 0.824. The van der Waals surface area contributed by atoms with E-state index in [2.05, 4.69) is 31.7 Å². The van der Waals surface area contributed by atoms with Crippen molar-refractivity contribution >= 4 is 0 Å². The van der Waals surface area contributed by atoms with Crippen LogP contribution in [-0.4, -0.2) is 6.61 Å². The lowest BCUT2D eigenvalue weighted by molar-refractivity contribution is 0.305. The summed E-state index contributed by atoms with van der Waals surface area (Å²) < 4.78 is 5.70. The Bertz CT molecular complexity index is 304. The van der Waals surface area contributed by atoms with Gasteiger partial charge >= 0.3 is 0 Å². The number of benzene rings is 1. The van der Waals surface area contributed by atoms with Crippen molar-refractivity contribution in [1.29, 1.82) is 0 Å². The molecule has 0 aromatic heterocycles. The zero-order valence-corrected chi connectivity index (χ0v) is 10.2. The molecule has 1 heteroatoms. The molecule has 0 radical (unpaired) electrons. The van der Waals surface area contributed by atoms with Crippen molar-refractivity contribution in [3.05, 3.63) is 42.5 Å². The molecule has 0 spiro atoms. The Kier molecular flexibility index (Phi) is 6.39. The third-order valence-electron chi connectivity index (χ3n) is 2.63. The fourth-order valence-corrected chi connectivity index (χ4v) is 1.61. The smallest absolute Gasteiger partial charge is 0.119 e. The van der Waals surface area contributed by atoms with Gasteiger partial charge in [0, 0.05) is 0 Å². The van der Waals surface area contributed by atoms with Gasteiger partial charge in [-0.05, 0) is 49.8 Å². The van der Waals surface area contributed by atoms with Gasteiger partial charge in [0.1, 0.15) is 5.75 Å². The van der Waals surface area contributed by atoms with Crippen LogP contribution < -0.4 is 4.74 Å². The van der Waals surface area contributed by atoms with Gasteiger partial charge in [-0.1, -0.05) is 25.1 Å². The van der Waals surface area contributed by atoms with Crippen molar-refractivity contribution in [2.24, 2.45) is 0 Å². The highest BCUT2D eigenvalue weighted by molar-refractivity contribution is 5.28. The molecule has 0 fully saturated rings. The lowest BCUT2D eigenvalue weighted by Gasteiger charge is -2.07. The Labute approximate surface area is 99.1 Å². The van der Waals surface area contributed by atoms with E-state index in [4.69, 9.17) is 4.74 Å². The molecule has 0 N–H and O–H groups in total. The first-order chi connectivity index (χ1) is 7.86. The Morgan fingerprint density at radius 2 is 2.12 bits per heavy atom. The molecule has 16 heavy (non-hydrogen) atoms. The summed E-state index contributed by atoms with van der Waals surface area (Å²) >= 11 is 0. The van der Waals surface area contributed by atoms with Crippen molar-refractivity contribution in [2.75, 3.05) is 6.61 Å². The Hall–Kier alpha value is -1.24. The monoisotopic (exact) mass is 218 g/mol. The number of ether oxygens (including phenoxy) is 1. The van der Waals surface area contributed by atoms with Crippen molar-refractivity contribution in [3.8, 4) is 5.75 Å². The lowest BCUT2D eigenvalue weighted by Crippen LogP contribution is -1.97. The van der Waals surface area contributed by atoms with Crippen molar-refractivity contribution in [3.63, 3.8) is 0 Å². The first-order valence-electron chi connectivity index (χ1n) is 6.19. The average molecular weight is 218 g/mol. The Morgan fingerprint density at radius 3 is 2.88 bits per heavy atom. The summed E-state index contributed by atoms with van der Waals surface area (Å²) in [6, 6.07) is 8.36. The first-order valence-corrected chi connectivity index (χ1v) is 6.19. The van der Waals surface area contributed by atoms with E-state index in [0.29, 0.717) is 0 Å². The number of unbranched alkanes of at least 4 members (excludes halogenated alkanes) is 3. The van der Waals surface area contributed by atoms with E-state index in [1.165, 1.54) is 18.4 Å². The molecular formula is C15H22O. The van der Waals surface area contributed by atoms with Gasteiger partial charge in [-0.25, -0.2) is 0 Å². The van der Waals surface area contributed by atoms with Crippen molar-refractivity contribution < 1.29 is 4.74 Å². The van der Waals surface area contributed by atoms with Crippen LogP contribution in [0.4, 0.5) is 0 Å². The van der Waals surface area contributed by atoms with Crippen LogP contribution in [0, 0.1) is 0 Å². The SMILES string of the molecule is C=CCCCCCOc1cccc(CC)c1. The second kappa shape index (κ2) is 7.98. The topological polar surface area (TPSA) is 9.23 Å². The molecule has 1 aromatic carbocycles. The highest BCUT2D eigenvalue weighted by Crippen LogP contribution is 2.14. The zero-order chi connectivity index (χ0) is 11.6. The van der Waals surface area contributed by atoms with Crippen LogP contribution in [0.3, 0.4) is 0 Å². The fourth-order valence-electron chi connectivity index (χ4n) is 1.61. The molecule has 1 rings (SSSR count). The molecular weight excluding hydrogens is 196 g/mol. The first kappa shape index (κ1) is 12.8. The molecule has 0 aliphatic heterocycles. The predicted octanol–water partition coefficient (Wildman–Crippen LogP) is 4.37. The predicted molar refractivity (Wildman–Crippen MR) is 70.0 cm³/mol. The van der Waals surface area contributed by atoms with Gasteiger partial charge in [-0.15, -0.1) is 6.58 Å². The van der Waals surface area contributed by atoms with Crippen LogP contribution in [0.5, 0.6) is 5.75 Å². The van der Waals surface area contributed by atoms with Gasteiger partial charge in [0.05, 0.1) is 6.61 Å². The van der Waals surface area contributed by atoms with E-state index in [1.54, 1.807) is 0 Å². The molecule has 0 bridgehead atoms. The van der Waals surface area contributed by atoms with Crippen LogP contribution >= 0.6 is 0 Å². The van der Waals surface area contributed by atoms with E-state index in [-0.39, 0.29) is 0 Å². The summed E-state index contributed by atoms with van der Waals surface area (Å²) in [6.07, 6.45) is 7.74. The summed E-state index contributed by atoms with van der Waals surface area (Å²) in [4.78, 5) is 0. The number of allylic oxidation sites excluding steroid dienone is 1. The van der Waals surface area contributed by atoms with Gasteiger partial charge < -0.3 is 4.74 Å². The molecule has 0 unspecified atom stereocenters. The van der Waals surface area contributed by atoms with E-state index < -0.39 is 0 Å². The van der Waals surface area contributed by atoms with Gasteiger partial charge in [0.15, 0.2) is 0 Å². The normalized spacial score (nSPS) is 10.1. The molecule has 0 aliphatic carbocycles. The maximum absolute atomic E-state index is 5.70. The van der Waals surface area contributed by atoms with Crippen molar-refractivity contribution in [2.45, 2.75) is 39.0 Å². The average Bonchev–Trinajstić information content (AvgIpc) is 2.34. The molecule has 0 saturated heterocycles. The number of aryl methyl sites for hydroxylation is 1. The van der Waals surface area contributed by atoms with Crippen LogP contribution in [0.1, 0.15) is 38.2 Å². The number of hydrogen-bond acceptors (Lipinski definition) is 1. The quantitative estimate of drug-likeness (QED) is 0.465. The van der Waals surface area contributed by atoms with Crippen LogP contribution in [0.15, 0.2) is 36.9 Å².